The van der Waals surface area contributed by atoms with Gasteiger partial charge in [-0.2, -0.15) is 5.11 Å². The summed E-state index contributed by atoms with van der Waals surface area (Å²) in [5.41, 5.74) is 2.22. The Labute approximate surface area is 182 Å². The summed E-state index contributed by atoms with van der Waals surface area (Å²) in [5, 5.41) is 21.3. The number of carbonyl (C=O) groups is 1. The van der Waals surface area contributed by atoms with Crippen LogP contribution in [0.1, 0.15) is 22.3 Å². The van der Waals surface area contributed by atoms with Crippen molar-refractivity contribution in [2.45, 2.75) is 12.8 Å². The lowest BCUT2D eigenvalue weighted by atomic mass is 10.1. The number of halogens is 2. The molecule has 8 heteroatoms. The first-order valence-corrected chi connectivity index (χ1v) is 10.0. The van der Waals surface area contributed by atoms with Crippen molar-refractivity contribution in [2.75, 3.05) is 6.54 Å². The molecular weight excluding hydrogens is 414 g/mol. The number of hydrogen-bond acceptors (Lipinski definition) is 4. The smallest absolute Gasteiger partial charge is 0.251 e. The number of hydrogen-bond donors (Lipinski definition) is 3. The zero-order valence-corrected chi connectivity index (χ0v) is 17.0. The minimum absolute atomic E-state index is 0.135. The second kappa shape index (κ2) is 9.38. The van der Waals surface area contributed by atoms with Gasteiger partial charge in [0.1, 0.15) is 11.6 Å². The third-order valence-corrected chi connectivity index (χ3v) is 4.98. The second-order valence-corrected chi connectivity index (χ2v) is 7.21. The van der Waals surface area contributed by atoms with Gasteiger partial charge in [-0.1, -0.05) is 18.2 Å². The highest BCUT2D eigenvalue weighted by atomic mass is 19.1. The van der Waals surface area contributed by atoms with Crippen LogP contribution in [0, 0.1) is 11.6 Å². The van der Waals surface area contributed by atoms with Crippen LogP contribution >= 0.6 is 0 Å². The molecule has 1 aromatic heterocycles. The molecule has 4 aromatic rings. The second-order valence-electron chi connectivity index (χ2n) is 7.21. The molecule has 1 heterocycles. The van der Waals surface area contributed by atoms with Crippen molar-refractivity contribution in [1.82, 2.24) is 10.3 Å². The number of fused-ring (bicyclic) bond motifs is 1. The molecule has 0 aliphatic carbocycles. The third-order valence-electron chi connectivity index (χ3n) is 4.98. The minimum Gasteiger partial charge on any atom is -0.493 e. The lowest BCUT2D eigenvalue weighted by Gasteiger charge is -2.06. The summed E-state index contributed by atoms with van der Waals surface area (Å²) in [5.74, 6) is -1.14. The highest BCUT2D eigenvalue weighted by Gasteiger charge is 2.11. The van der Waals surface area contributed by atoms with Crippen LogP contribution in [-0.4, -0.2) is 22.5 Å². The van der Waals surface area contributed by atoms with Gasteiger partial charge in [-0.15, -0.1) is 5.11 Å². The van der Waals surface area contributed by atoms with Crippen molar-refractivity contribution in [3.63, 3.8) is 0 Å². The number of aryl methyl sites for hydroxylation is 1. The van der Waals surface area contributed by atoms with E-state index in [-0.39, 0.29) is 23.3 Å². The van der Waals surface area contributed by atoms with Gasteiger partial charge in [-0.05, 0) is 66.9 Å². The zero-order valence-electron chi connectivity index (χ0n) is 17.0. The fourth-order valence-electron chi connectivity index (χ4n) is 3.31. The first kappa shape index (κ1) is 21.2. The fraction of sp³-hybridized carbons (Fsp3) is 0.125. The maximum atomic E-state index is 13.6. The largest absolute Gasteiger partial charge is 0.493 e. The summed E-state index contributed by atoms with van der Waals surface area (Å²) in [6.07, 6.45) is 1.16. The Morgan fingerprint density at radius 2 is 1.78 bits per heavy atom. The van der Waals surface area contributed by atoms with Gasteiger partial charge >= 0.3 is 0 Å². The number of carbonyl (C=O) groups excluding carboxylic acids is 1. The number of rotatable bonds is 7. The van der Waals surface area contributed by atoms with Crippen LogP contribution in [0.4, 0.5) is 20.2 Å². The van der Waals surface area contributed by atoms with E-state index in [0.29, 0.717) is 47.1 Å². The quantitative estimate of drug-likeness (QED) is 0.249. The van der Waals surface area contributed by atoms with Crippen LogP contribution in [0.2, 0.25) is 0 Å². The average Bonchev–Trinajstić information content (AvgIpc) is 3.10. The van der Waals surface area contributed by atoms with Crippen LogP contribution in [0.3, 0.4) is 0 Å². The minimum atomic E-state index is -0.447. The average molecular weight is 434 g/mol. The van der Waals surface area contributed by atoms with E-state index >= 15 is 0 Å². The molecule has 0 radical (unpaired) electrons. The Hall–Kier alpha value is -4.07. The molecule has 0 spiro atoms. The summed E-state index contributed by atoms with van der Waals surface area (Å²) in [4.78, 5) is 15.0. The molecule has 0 atom stereocenters. The predicted molar refractivity (Wildman–Crippen MR) is 118 cm³/mol. The van der Waals surface area contributed by atoms with Crippen molar-refractivity contribution in [2.24, 2.45) is 10.2 Å². The van der Waals surface area contributed by atoms with Gasteiger partial charge < -0.3 is 15.4 Å². The van der Waals surface area contributed by atoms with Gasteiger partial charge in [-0.25, -0.2) is 8.78 Å². The van der Waals surface area contributed by atoms with Crippen molar-refractivity contribution in [3.8, 4) is 5.88 Å². The maximum Gasteiger partial charge on any atom is 0.251 e. The molecule has 0 fully saturated rings. The van der Waals surface area contributed by atoms with Crippen LogP contribution in [-0.2, 0) is 6.42 Å². The van der Waals surface area contributed by atoms with Gasteiger partial charge in [0.2, 0.25) is 5.88 Å². The number of amides is 1. The van der Waals surface area contributed by atoms with Crippen molar-refractivity contribution in [1.29, 1.82) is 0 Å². The molecule has 3 aromatic carbocycles. The Morgan fingerprint density at radius 1 is 1.00 bits per heavy atom. The molecule has 0 saturated heterocycles. The van der Waals surface area contributed by atoms with E-state index in [4.69, 9.17) is 0 Å². The molecule has 6 nitrogen and oxygen atoms in total. The van der Waals surface area contributed by atoms with E-state index in [1.807, 2.05) is 0 Å². The van der Waals surface area contributed by atoms with Crippen molar-refractivity contribution >= 4 is 28.2 Å². The molecule has 162 valence electrons. The van der Waals surface area contributed by atoms with E-state index in [2.05, 4.69) is 20.5 Å². The van der Waals surface area contributed by atoms with Crippen molar-refractivity contribution < 1.29 is 18.7 Å². The molecule has 0 saturated carbocycles. The number of nitrogens with zero attached hydrogens (tertiary/aromatic N) is 2. The van der Waals surface area contributed by atoms with Gasteiger partial charge in [0, 0.05) is 17.5 Å². The van der Waals surface area contributed by atoms with Crippen LogP contribution in [0.15, 0.2) is 77.0 Å². The number of benzene rings is 3. The molecule has 0 aliphatic heterocycles. The summed E-state index contributed by atoms with van der Waals surface area (Å²) in [6.45, 7) is 0.422. The molecule has 4 rings (SSSR count). The Balaban J connectivity index is 1.35. The highest BCUT2D eigenvalue weighted by Crippen LogP contribution is 2.36. The van der Waals surface area contributed by atoms with E-state index in [0.717, 1.165) is 0 Å². The fourth-order valence-corrected chi connectivity index (χ4v) is 3.31. The SMILES string of the molecule is O=C(NCCCc1ccccc1F)c1ccc(N=Nc2c(O)[nH]c3ccc(F)cc23)cc1. The van der Waals surface area contributed by atoms with Gasteiger partial charge in [0.05, 0.1) is 11.2 Å². The molecule has 0 bridgehead atoms. The van der Waals surface area contributed by atoms with Gasteiger partial charge in [0.15, 0.2) is 5.69 Å². The lowest BCUT2D eigenvalue weighted by Crippen LogP contribution is -2.24. The first-order chi connectivity index (χ1) is 15.5. The monoisotopic (exact) mass is 434 g/mol. The van der Waals surface area contributed by atoms with E-state index in [1.165, 1.54) is 24.3 Å². The molecule has 3 N–H and O–H groups in total. The number of H-pyrrole nitrogens is 1. The van der Waals surface area contributed by atoms with Crippen LogP contribution in [0.5, 0.6) is 5.88 Å². The third kappa shape index (κ3) is 4.80. The molecule has 1 amide bonds. The van der Waals surface area contributed by atoms with E-state index in [1.54, 1.807) is 42.5 Å². The molecule has 32 heavy (non-hydrogen) atoms. The number of aromatic hydroxyl groups is 1. The van der Waals surface area contributed by atoms with Crippen LogP contribution < -0.4 is 5.32 Å². The highest BCUT2D eigenvalue weighted by molar-refractivity contribution is 5.95. The zero-order chi connectivity index (χ0) is 22.5. The lowest BCUT2D eigenvalue weighted by molar-refractivity contribution is 0.0953. The Bertz CT molecular complexity index is 1280. The summed E-state index contributed by atoms with van der Waals surface area (Å²) < 4.78 is 27.1. The topological polar surface area (TPSA) is 89.8 Å². The van der Waals surface area contributed by atoms with E-state index in [9.17, 15) is 18.7 Å². The first-order valence-electron chi connectivity index (χ1n) is 10.0. The Morgan fingerprint density at radius 3 is 2.56 bits per heavy atom. The maximum absolute atomic E-state index is 13.6. The van der Waals surface area contributed by atoms with Crippen LogP contribution in [0.25, 0.3) is 10.9 Å². The molecular formula is C24H20F2N4O2. The van der Waals surface area contributed by atoms with Gasteiger partial charge in [0.25, 0.3) is 5.91 Å². The molecule has 0 unspecified atom stereocenters. The molecule has 0 aliphatic rings. The number of nitrogens with one attached hydrogen (secondary N) is 2. The summed E-state index contributed by atoms with van der Waals surface area (Å²) in [7, 11) is 0. The summed E-state index contributed by atoms with van der Waals surface area (Å²) >= 11 is 0. The summed E-state index contributed by atoms with van der Waals surface area (Å²) in [6, 6.07) is 17.1. The predicted octanol–water partition coefficient (Wildman–Crippen LogP) is 5.93. The van der Waals surface area contributed by atoms with Crippen molar-refractivity contribution in [3.05, 3.63) is 89.5 Å². The number of aromatic amines is 1. The van der Waals surface area contributed by atoms with E-state index < -0.39 is 5.82 Å². The Kier molecular flexibility index (Phi) is 6.21. The number of azo groups is 1. The normalized spacial score (nSPS) is 11.3. The number of aromatic nitrogens is 1. The standard InChI is InChI=1S/C24H20F2N4O2/c25-17-9-12-21-19(14-17)22(24(32)28-21)30-29-18-10-7-16(8-11-18)23(31)27-13-3-5-15-4-1-2-6-20(15)26/h1-2,4,6-12,14,28,32H,3,5,13H2,(H,27,31). The van der Waals surface area contributed by atoms with Gasteiger partial charge in [-0.3, -0.25) is 4.79 Å².